The first kappa shape index (κ1) is 14.9. The molecule has 0 fully saturated rings. The van der Waals surface area contributed by atoms with E-state index in [0.717, 1.165) is 0 Å². The maximum atomic E-state index is 13.6. The molecule has 0 radical (unpaired) electrons. The van der Waals surface area contributed by atoms with Crippen LogP contribution in [0.4, 0.5) is 4.39 Å². The van der Waals surface area contributed by atoms with Crippen molar-refractivity contribution in [2.45, 2.75) is 19.3 Å². The van der Waals surface area contributed by atoms with Crippen molar-refractivity contribution in [3.63, 3.8) is 0 Å². The summed E-state index contributed by atoms with van der Waals surface area (Å²) in [4.78, 5) is 21.7. The van der Waals surface area contributed by atoms with Gasteiger partial charge in [0.1, 0.15) is 0 Å². The van der Waals surface area contributed by atoms with Crippen molar-refractivity contribution in [1.82, 2.24) is 5.32 Å². The van der Waals surface area contributed by atoms with Gasteiger partial charge in [-0.15, -0.1) is 0 Å². The molecule has 3 N–H and O–H groups in total. The Labute approximate surface area is 110 Å². The first-order chi connectivity index (χ1) is 8.77. The molecule has 0 aliphatic rings. The van der Waals surface area contributed by atoms with Gasteiger partial charge in [-0.1, -0.05) is 19.9 Å². The van der Waals surface area contributed by atoms with Crippen molar-refractivity contribution in [3.05, 3.63) is 29.6 Å². The van der Waals surface area contributed by atoms with Crippen LogP contribution in [-0.4, -0.2) is 25.5 Å². The minimum absolute atomic E-state index is 0.153. The molecule has 5 nitrogen and oxygen atoms in total. The van der Waals surface area contributed by atoms with Crippen LogP contribution in [0.5, 0.6) is 5.75 Å². The van der Waals surface area contributed by atoms with Crippen LogP contribution in [0.15, 0.2) is 18.2 Å². The molecule has 0 saturated heterocycles. The zero-order valence-electron chi connectivity index (χ0n) is 11.1. The third kappa shape index (κ3) is 3.67. The van der Waals surface area contributed by atoms with Crippen LogP contribution in [0.2, 0.25) is 0 Å². The Bertz CT molecular complexity index is 501. The van der Waals surface area contributed by atoms with E-state index < -0.39 is 23.0 Å². The number of ether oxygens (including phenoxy) is 1. The molecule has 0 atom stereocenters. The summed E-state index contributed by atoms with van der Waals surface area (Å²) in [5.74, 6) is -2.23. The Balaban J connectivity index is 2.85. The number of rotatable bonds is 4. The molecule has 2 amide bonds. The van der Waals surface area contributed by atoms with E-state index in [0.29, 0.717) is 5.56 Å². The molecule has 1 aromatic carbocycles. The van der Waals surface area contributed by atoms with Gasteiger partial charge >= 0.3 is 11.8 Å². The van der Waals surface area contributed by atoms with Gasteiger partial charge in [0.15, 0.2) is 11.6 Å². The van der Waals surface area contributed by atoms with Gasteiger partial charge in [-0.25, -0.2) is 4.39 Å². The fraction of sp³-hybridized carbons (Fsp3) is 0.385. The molecule has 0 aromatic heterocycles. The second-order valence-corrected chi connectivity index (χ2v) is 4.78. The number of amides is 2. The molecule has 0 spiro atoms. The average Bonchev–Trinajstić information content (AvgIpc) is 2.35. The summed E-state index contributed by atoms with van der Waals surface area (Å²) in [6.45, 7) is 3.80. The zero-order chi connectivity index (χ0) is 14.6. The Morgan fingerprint density at radius 3 is 2.53 bits per heavy atom. The van der Waals surface area contributed by atoms with Gasteiger partial charge in [0, 0.05) is 12.0 Å². The van der Waals surface area contributed by atoms with Crippen LogP contribution in [-0.2, 0) is 15.0 Å². The number of nitrogens with two attached hydrogens (primary N) is 1. The van der Waals surface area contributed by atoms with Crippen molar-refractivity contribution < 1.29 is 18.7 Å². The summed E-state index contributed by atoms with van der Waals surface area (Å²) in [5.41, 5.74) is 4.97. The van der Waals surface area contributed by atoms with Gasteiger partial charge in [0.2, 0.25) is 0 Å². The lowest BCUT2D eigenvalue weighted by Gasteiger charge is -2.25. The molecule has 0 unspecified atom stereocenters. The zero-order valence-corrected chi connectivity index (χ0v) is 11.1. The molecule has 0 aliphatic carbocycles. The highest BCUT2D eigenvalue weighted by Gasteiger charge is 2.23. The third-order valence-corrected chi connectivity index (χ3v) is 2.85. The van der Waals surface area contributed by atoms with E-state index in [4.69, 9.17) is 10.5 Å². The summed E-state index contributed by atoms with van der Waals surface area (Å²) >= 11 is 0. The molecule has 0 heterocycles. The van der Waals surface area contributed by atoms with Crippen LogP contribution < -0.4 is 15.8 Å². The van der Waals surface area contributed by atoms with Crippen LogP contribution in [0, 0.1) is 5.82 Å². The number of primary amides is 1. The molecule has 0 bridgehead atoms. The van der Waals surface area contributed by atoms with Gasteiger partial charge in [-0.05, 0) is 17.7 Å². The lowest BCUT2D eigenvalue weighted by atomic mass is 9.84. The van der Waals surface area contributed by atoms with Crippen LogP contribution in [0.1, 0.15) is 19.4 Å². The topological polar surface area (TPSA) is 81.4 Å². The fourth-order valence-corrected chi connectivity index (χ4v) is 1.58. The first-order valence-electron chi connectivity index (χ1n) is 5.69. The average molecular weight is 268 g/mol. The van der Waals surface area contributed by atoms with Crippen LogP contribution in [0.3, 0.4) is 0 Å². The maximum Gasteiger partial charge on any atom is 0.309 e. The molecule has 19 heavy (non-hydrogen) atoms. The molecular weight excluding hydrogens is 251 g/mol. The maximum absolute atomic E-state index is 13.6. The number of benzene rings is 1. The molecule has 1 rings (SSSR count). The molecular formula is C13H17FN2O3. The predicted octanol–water partition coefficient (Wildman–Crippen LogP) is 0.713. The highest BCUT2D eigenvalue weighted by atomic mass is 19.1. The van der Waals surface area contributed by atoms with Crippen LogP contribution in [0.25, 0.3) is 0 Å². The van der Waals surface area contributed by atoms with E-state index in [9.17, 15) is 14.0 Å². The van der Waals surface area contributed by atoms with E-state index >= 15 is 0 Å². The highest BCUT2D eigenvalue weighted by Crippen LogP contribution is 2.26. The number of hydrogen-bond acceptors (Lipinski definition) is 3. The van der Waals surface area contributed by atoms with Crippen molar-refractivity contribution in [2.24, 2.45) is 5.73 Å². The first-order valence-corrected chi connectivity index (χ1v) is 5.69. The predicted molar refractivity (Wildman–Crippen MR) is 68.2 cm³/mol. The lowest BCUT2D eigenvalue weighted by Crippen LogP contribution is -2.42. The van der Waals surface area contributed by atoms with Gasteiger partial charge in [-0.2, -0.15) is 0 Å². The monoisotopic (exact) mass is 268 g/mol. The largest absolute Gasteiger partial charge is 0.494 e. The number of carbonyl (C=O) groups excluding carboxylic acids is 2. The number of hydrogen-bond donors (Lipinski definition) is 2. The Kier molecular flexibility index (Phi) is 4.47. The molecule has 1 aromatic rings. The normalized spacial score (nSPS) is 10.9. The van der Waals surface area contributed by atoms with Crippen molar-refractivity contribution in [3.8, 4) is 5.75 Å². The summed E-state index contributed by atoms with van der Waals surface area (Å²) < 4.78 is 18.5. The molecule has 6 heteroatoms. The Morgan fingerprint density at radius 1 is 1.42 bits per heavy atom. The van der Waals surface area contributed by atoms with E-state index in [1.807, 2.05) is 13.8 Å². The Hall–Kier alpha value is -2.11. The van der Waals surface area contributed by atoms with E-state index in [-0.39, 0.29) is 12.3 Å². The summed E-state index contributed by atoms with van der Waals surface area (Å²) in [7, 11) is 1.39. The van der Waals surface area contributed by atoms with E-state index in [1.54, 1.807) is 6.07 Å². The minimum atomic E-state index is -1.04. The van der Waals surface area contributed by atoms with Crippen LogP contribution >= 0.6 is 0 Å². The van der Waals surface area contributed by atoms with Gasteiger partial charge in [-0.3, -0.25) is 9.59 Å². The highest BCUT2D eigenvalue weighted by molar-refractivity contribution is 6.34. The minimum Gasteiger partial charge on any atom is -0.494 e. The van der Waals surface area contributed by atoms with Crippen molar-refractivity contribution in [1.29, 1.82) is 0 Å². The molecule has 104 valence electrons. The fourth-order valence-electron chi connectivity index (χ4n) is 1.58. The molecule has 0 saturated carbocycles. The van der Waals surface area contributed by atoms with Gasteiger partial charge < -0.3 is 15.8 Å². The summed E-state index contributed by atoms with van der Waals surface area (Å²) in [6, 6.07) is 4.57. The summed E-state index contributed by atoms with van der Waals surface area (Å²) in [5, 5.41) is 2.40. The Morgan fingerprint density at radius 2 is 2.05 bits per heavy atom. The van der Waals surface area contributed by atoms with Gasteiger partial charge in [0.25, 0.3) is 0 Å². The van der Waals surface area contributed by atoms with E-state index in [2.05, 4.69) is 5.32 Å². The van der Waals surface area contributed by atoms with E-state index in [1.165, 1.54) is 19.2 Å². The molecule has 0 aliphatic heterocycles. The second kappa shape index (κ2) is 5.69. The number of halogens is 1. The SMILES string of the molecule is COc1ccc(C(C)(C)CNC(=O)C(N)=O)cc1F. The number of nitrogens with one attached hydrogen (secondary N) is 1. The number of methoxy groups -OCH3 is 1. The van der Waals surface area contributed by atoms with Gasteiger partial charge in [0.05, 0.1) is 7.11 Å². The number of carbonyl (C=O) groups is 2. The standard InChI is InChI=1S/C13H17FN2O3/c1-13(2,7-16-12(18)11(15)17)8-4-5-10(19-3)9(14)6-8/h4-6H,7H2,1-3H3,(H2,15,17)(H,16,18). The van der Waals surface area contributed by atoms with Crippen molar-refractivity contribution in [2.75, 3.05) is 13.7 Å². The quantitative estimate of drug-likeness (QED) is 0.789. The summed E-state index contributed by atoms with van der Waals surface area (Å²) in [6.07, 6.45) is 0. The lowest BCUT2D eigenvalue weighted by molar-refractivity contribution is -0.137. The third-order valence-electron chi connectivity index (χ3n) is 2.85. The second-order valence-electron chi connectivity index (χ2n) is 4.78. The smallest absolute Gasteiger partial charge is 0.309 e. The van der Waals surface area contributed by atoms with Crippen molar-refractivity contribution >= 4 is 11.8 Å².